The van der Waals surface area contributed by atoms with Gasteiger partial charge >= 0.3 is 21.6 Å². The molecule has 0 saturated heterocycles. The molecule has 12 heteroatoms. The smallest absolute Gasteiger partial charge is 0.508 e. The number of rotatable bonds is 6. The summed E-state index contributed by atoms with van der Waals surface area (Å²) in [4.78, 5) is 39.6. The fourth-order valence-corrected chi connectivity index (χ4v) is 5.14. The Hall–Kier alpha value is -2.97. The Morgan fingerprint density at radius 2 is 1.38 bits per heavy atom. The van der Waals surface area contributed by atoms with Crippen LogP contribution in [0, 0.1) is 0 Å². The summed E-state index contributed by atoms with van der Waals surface area (Å²) in [7, 11) is -10.4. The van der Waals surface area contributed by atoms with Gasteiger partial charge in [0.1, 0.15) is 11.5 Å². The number of hydrogen-bond donors (Lipinski definition) is 4. The average molecular weight is 478 g/mol. The summed E-state index contributed by atoms with van der Waals surface area (Å²) in [5.74, 6) is -0.746. The lowest BCUT2D eigenvalue weighted by molar-refractivity contribution is 0.0251. The number of cyclic esters (lactones) is 1. The van der Waals surface area contributed by atoms with Crippen LogP contribution in [0.5, 0.6) is 11.5 Å². The van der Waals surface area contributed by atoms with Crippen molar-refractivity contribution in [1.82, 2.24) is 0 Å². The van der Waals surface area contributed by atoms with Crippen LogP contribution in [0.1, 0.15) is 27.0 Å². The molecule has 2 atom stereocenters. The predicted octanol–water partition coefficient (Wildman–Crippen LogP) is 3.44. The molecule has 3 aromatic rings. The fourth-order valence-electron chi connectivity index (χ4n) is 3.54. The number of esters is 1. The van der Waals surface area contributed by atoms with E-state index in [-0.39, 0.29) is 11.5 Å². The molecule has 4 N–H and O–H groups in total. The molecule has 0 bridgehead atoms. The molecule has 0 saturated carbocycles. The number of phosphoric acid groups is 2. The Labute approximate surface area is 181 Å². The van der Waals surface area contributed by atoms with Gasteiger partial charge in [0.2, 0.25) is 0 Å². The molecule has 0 amide bonds. The van der Waals surface area contributed by atoms with E-state index in [0.29, 0.717) is 22.3 Å². The molecule has 0 fully saturated rings. The lowest BCUT2D eigenvalue weighted by Gasteiger charge is -2.30. The summed E-state index contributed by atoms with van der Waals surface area (Å²) in [6.07, 6.45) is 0. The van der Waals surface area contributed by atoms with Crippen LogP contribution in [-0.4, -0.2) is 25.8 Å². The van der Waals surface area contributed by atoms with Crippen LogP contribution in [0.25, 0.3) is 0 Å². The Bertz CT molecular complexity index is 1270. The first kappa shape index (κ1) is 22.2. The number of phosphoric ester groups is 1. The van der Waals surface area contributed by atoms with Gasteiger partial charge in [-0.25, -0.2) is 13.9 Å². The Morgan fingerprint density at radius 1 is 0.812 bits per heavy atom. The first-order valence-corrected chi connectivity index (χ1v) is 12.0. The van der Waals surface area contributed by atoms with Gasteiger partial charge in [-0.3, -0.25) is 4.89 Å². The molecule has 1 aliphatic rings. The number of phenols is 1. The number of fused-ring (bicyclic) bond motifs is 1. The lowest BCUT2D eigenvalue weighted by Crippen LogP contribution is -2.29. The zero-order valence-corrected chi connectivity index (χ0v) is 17.8. The largest absolute Gasteiger partial charge is 0.536 e. The third-order valence-electron chi connectivity index (χ3n) is 4.74. The van der Waals surface area contributed by atoms with Gasteiger partial charge in [-0.2, -0.15) is 4.31 Å². The maximum absolute atomic E-state index is 12.6. The van der Waals surface area contributed by atoms with Gasteiger partial charge in [-0.05, 0) is 30.3 Å². The van der Waals surface area contributed by atoms with Crippen LogP contribution in [0.2, 0.25) is 0 Å². The Kier molecular flexibility index (Phi) is 5.46. The second kappa shape index (κ2) is 7.86. The SMILES string of the molecule is O=C1O[C@](c2ccc(O)cc2)(c2ccc(OP(=O)(O)OP(=O)(O)O)cc2)c2ccccc21. The molecule has 3 aromatic carbocycles. The van der Waals surface area contributed by atoms with E-state index in [1.807, 2.05) is 0 Å². The molecule has 0 spiro atoms. The predicted molar refractivity (Wildman–Crippen MR) is 110 cm³/mol. The van der Waals surface area contributed by atoms with E-state index in [9.17, 15) is 23.9 Å². The van der Waals surface area contributed by atoms with Crippen molar-refractivity contribution < 1.29 is 47.3 Å². The normalized spacial score (nSPS) is 19.7. The molecule has 1 aliphatic heterocycles. The number of carbonyl (C=O) groups is 1. The second-order valence-corrected chi connectivity index (χ2v) is 9.57. The molecule has 0 aromatic heterocycles. The second-order valence-electron chi connectivity index (χ2n) is 6.82. The van der Waals surface area contributed by atoms with Crippen molar-refractivity contribution in [2.45, 2.75) is 5.60 Å². The zero-order valence-electron chi connectivity index (χ0n) is 16.1. The molecule has 32 heavy (non-hydrogen) atoms. The van der Waals surface area contributed by atoms with Gasteiger partial charge in [0, 0.05) is 16.7 Å². The molecule has 4 rings (SSSR count). The third-order valence-corrected chi connectivity index (χ3v) is 6.85. The Morgan fingerprint density at radius 3 is 1.97 bits per heavy atom. The molecule has 1 heterocycles. The van der Waals surface area contributed by atoms with Gasteiger partial charge in [0.05, 0.1) is 5.56 Å². The summed E-state index contributed by atoms with van der Waals surface area (Å²) >= 11 is 0. The number of aromatic hydroxyl groups is 1. The highest BCUT2D eigenvalue weighted by Gasteiger charge is 2.48. The van der Waals surface area contributed by atoms with Crippen molar-refractivity contribution in [3.63, 3.8) is 0 Å². The molecular weight excluding hydrogens is 462 g/mol. The highest BCUT2D eigenvalue weighted by molar-refractivity contribution is 7.60. The van der Waals surface area contributed by atoms with Crippen molar-refractivity contribution in [1.29, 1.82) is 0 Å². The number of benzene rings is 3. The summed E-state index contributed by atoms with van der Waals surface area (Å²) in [5.41, 5.74) is 0.542. The quantitative estimate of drug-likeness (QED) is 0.305. The molecule has 10 nitrogen and oxygen atoms in total. The van der Waals surface area contributed by atoms with Crippen LogP contribution in [-0.2, 0) is 23.8 Å². The maximum atomic E-state index is 12.6. The minimum Gasteiger partial charge on any atom is -0.508 e. The molecule has 0 radical (unpaired) electrons. The van der Waals surface area contributed by atoms with E-state index in [1.165, 1.54) is 36.4 Å². The van der Waals surface area contributed by atoms with Gasteiger partial charge in [-0.15, -0.1) is 0 Å². The average Bonchev–Trinajstić information content (AvgIpc) is 3.01. The third kappa shape index (κ3) is 4.20. The van der Waals surface area contributed by atoms with Gasteiger partial charge in [0.15, 0.2) is 5.60 Å². The van der Waals surface area contributed by atoms with E-state index < -0.39 is 27.2 Å². The maximum Gasteiger partial charge on any atom is 0.536 e. The summed E-state index contributed by atoms with van der Waals surface area (Å²) in [6.45, 7) is 0. The van der Waals surface area contributed by atoms with Crippen molar-refractivity contribution in [3.8, 4) is 11.5 Å². The lowest BCUT2D eigenvalue weighted by atomic mass is 9.80. The number of phenolic OH excluding ortho intramolecular Hbond substituents is 1. The summed E-state index contributed by atoms with van der Waals surface area (Å²) < 4.78 is 36.9. The summed E-state index contributed by atoms with van der Waals surface area (Å²) in [5, 5.41) is 9.68. The van der Waals surface area contributed by atoms with Crippen molar-refractivity contribution in [2.75, 3.05) is 0 Å². The van der Waals surface area contributed by atoms with Crippen molar-refractivity contribution in [2.24, 2.45) is 0 Å². The molecule has 0 aliphatic carbocycles. The Balaban J connectivity index is 1.78. The standard InChI is InChI=1S/C20H16O10P2/c21-15-9-5-13(6-10-15)20(18-4-2-1-3-17(18)19(22)28-20)14-7-11-16(12-8-14)29-32(26,27)30-31(23,24)25/h1-12,21H,(H,26,27)(H2,23,24,25)/t20-/m1/s1. The van der Waals surface area contributed by atoms with Gasteiger partial charge in [-0.1, -0.05) is 42.5 Å². The van der Waals surface area contributed by atoms with Crippen molar-refractivity contribution in [3.05, 3.63) is 95.1 Å². The summed E-state index contributed by atoms with van der Waals surface area (Å²) in [6, 6.07) is 18.4. The number of ether oxygens (including phenoxy) is 1. The fraction of sp³-hybridized carbons (Fsp3) is 0.0500. The highest BCUT2D eigenvalue weighted by Crippen LogP contribution is 2.57. The van der Waals surface area contributed by atoms with E-state index in [0.717, 1.165) is 0 Å². The van der Waals surface area contributed by atoms with Crippen LogP contribution < -0.4 is 4.52 Å². The monoisotopic (exact) mass is 478 g/mol. The van der Waals surface area contributed by atoms with E-state index in [1.54, 1.807) is 36.4 Å². The van der Waals surface area contributed by atoms with Crippen LogP contribution >= 0.6 is 15.6 Å². The molecule has 1 unspecified atom stereocenters. The number of carbonyl (C=O) groups excluding carboxylic acids is 1. The van der Waals surface area contributed by atoms with Crippen LogP contribution in [0.3, 0.4) is 0 Å². The van der Waals surface area contributed by atoms with E-state index in [2.05, 4.69) is 4.31 Å². The minimum atomic E-state index is -5.27. The van der Waals surface area contributed by atoms with Crippen LogP contribution in [0.15, 0.2) is 72.8 Å². The number of hydrogen-bond acceptors (Lipinski definition) is 7. The first-order chi connectivity index (χ1) is 15.0. The van der Waals surface area contributed by atoms with Gasteiger partial charge in [0.25, 0.3) is 0 Å². The van der Waals surface area contributed by atoms with E-state index in [4.69, 9.17) is 19.0 Å². The van der Waals surface area contributed by atoms with E-state index >= 15 is 0 Å². The zero-order chi connectivity index (χ0) is 23.1. The van der Waals surface area contributed by atoms with Gasteiger partial charge < -0.3 is 24.2 Å². The highest BCUT2D eigenvalue weighted by atomic mass is 31.3. The van der Waals surface area contributed by atoms with Crippen LogP contribution in [0.4, 0.5) is 0 Å². The molecular formula is C20H16O10P2. The van der Waals surface area contributed by atoms with Crippen molar-refractivity contribution >= 4 is 21.6 Å². The minimum absolute atomic E-state index is 0.0222. The molecule has 166 valence electrons. The first-order valence-electron chi connectivity index (χ1n) is 9.02. The topological polar surface area (TPSA) is 160 Å².